The fourth-order valence-electron chi connectivity index (χ4n) is 4.09. The predicted molar refractivity (Wildman–Crippen MR) is 160 cm³/mol. The molecule has 0 saturated carbocycles. The highest BCUT2D eigenvalue weighted by Gasteiger charge is 2.33. The zero-order chi connectivity index (χ0) is 30.0. The summed E-state index contributed by atoms with van der Waals surface area (Å²) < 4.78 is 40.0. The van der Waals surface area contributed by atoms with Crippen LogP contribution in [0.5, 0.6) is 11.5 Å². The number of anilines is 1. The van der Waals surface area contributed by atoms with Crippen LogP contribution in [0.25, 0.3) is 0 Å². The molecule has 0 heterocycles. The van der Waals surface area contributed by atoms with E-state index in [9.17, 15) is 18.0 Å². The highest BCUT2D eigenvalue weighted by molar-refractivity contribution is 7.92. The second-order valence-corrected chi connectivity index (χ2v) is 11.5. The van der Waals surface area contributed by atoms with Crippen molar-refractivity contribution in [3.05, 3.63) is 83.4 Å². The third-order valence-corrected chi connectivity index (χ3v) is 8.37. The Labute approximate surface area is 247 Å². The zero-order valence-electron chi connectivity index (χ0n) is 23.7. The first-order valence-corrected chi connectivity index (χ1v) is 15.1. The normalized spacial score (nSPS) is 11.8. The first kappa shape index (κ1) is 31.8. The Kier molecular flexibility index (Phi) is 11.4. The summed E-state index contributed by atoms with van der Waals surface area (Å²) in [7, 11) is -2.70. The monoisotopic (exact) mass is 601 g/mol. The standard InChI is InChI=1S/C30H36ClN3O6S/c1-5-19-32-30(36)22(3)33(20-23-11-15-25(39-4)16-12-23)29(35)21-34(27-9-7-8-10-28(27)40-6-2)41(37,38)26-17-13-24(31)14-18-26/h7-18,22H,5-6,19-21H2,1-4H3,(H,32,36)/t22-/m1/s1. The van der Waals surface area contributed by atoms with Crippen LogP contribution in [0.1, 0.15) is 32.8 Å². The largest absolute Gasteiger partial charge is 0.497 e. The molecule has 0 unspecified atom stereocenters. The maximum atomic E-state index is 14.0. The van der Waals surface area contributed by atoms with Gasteiger partial charge < -0.3 is 19.7 Å². The van der Waals surface area contributed by atoms with E-state index in [1.807, 2.05) is 6.92 Å². The van der Waals surface area contributed by atoms with Crippen molar-refractivity contribution in [3.63, 3.8) is 0 Å². The lowest BCUT2D eigenvalue weighted by molar-refractivity contribution is -0.139. The highest BCUT2D eigenvalue weighted by Crippen LogP contribution is 2.33. The van der Waals surface area contributed by atoms with Gasteiger partial charge in [0.2, 0.25) is 11.8 Å². The molecule has 3 rings (SSSR count). The van der Waals surface area contributed by atoms with Crippen LogP contribution in [0.4, 0.5) is 5.69 Å². The number of amides is 2. The van der Waals surface area contributed by atoms with Gasteiger partial charge in [-0.15, -0.1) is 0 Å². The maximum Gasteiger partial charge on any atom is 0.264 e. The fraction of sp³-hybridized carbons (Fsp3) is 0.333. The Morgan fingerprint density at radius 2 is 1.63 bits per heavy atom. The number of ether oxygens (including phenoxy) is 2. The lowest BCUT2D eigenvalue weighted by Gasteiger charge is -2.32. The second kappa shape index (κ2) is 14.7. The molecule has 0 aliphatic carbocycles. The van der Waals surface area contributed by atoms with Gasteiger partial charge in [-0.25, -0.2) is 8.42 Å². The summed E-state index contributed by atoms with van der Waals surface area (Å²) in [6, 6.07) is 18.6. The van der Waals surface area contributed by atoms with Gasteiger partial charge in [-0.05, 0) is 74.4 Å². The number of halogens is 1. The number of benzene rings is 3. The van der Waals surface area contributed by atoms with E-state index < -0.39 is 28.5 Å². The van der Waals surface area contributed by atoms with Gasteiger partial charge in [0.05, 0.1) is 24.3 Å². The Hall–Kier alpha value is -3.76. The van der Waals surface area contributed by atoms with Crippen molar-refractivity contribution in [1.82, 2.24) is 10.2 Å². The Bertz CT molecular complexity index is 1410. The Morgan fingerprint density at radius 1 is 0.976 bits per heavy atom. The van der Waals surface area contributed by atoms with Crippen molar-refractivity contribution < 1.29 is 27.5 Å². The van der Waals surface area contributed by atoms with Gasteiger partial charge in [0.15, 0.2) is 0 Å². The van der Waals surface area contributed by atoms with Gasteiger partial charge in [-0.1, -0.05) is 42.8 Å². The van der Waals surface area contributed by atoms with Gasteiger partial charge in [-0.3, -0.25) is 13.9 Å². The summed E-state index contributed by atoms with van der Waals surface area (Å²) in [4.78, 5) is 28.4. The van der Waals surface area contributed by atoms with Crippen LogP contribution in [0.3, 0.4) is 0 Å². The molecule has 0 aromatic heterocycles. The molecule has 1 atom stereocenters. The number of methoxy groups -OCH3 is 1. The van der Waals surface area contributed by atoms with E-state index >= 15 is 0 Å². The maximum absolute atomic E-state index is 14.0. The average molecular weight is 602 g/mol. The number of nitrogens with one attached hydrogen (secondary N) is 1. The molecule has 0 radical (unpaired) electrons. The van der Waals surface area contributed by atoms with E-state index in [0.29, 0.717) is 23.1 Å². The lowest BCUT2D eigenvalue weighted by Crippen LogP contribution is -2.51. The highest BCUT2D eigenvalue weighted by atomic mass is 35.5. The number of para-hydroxylation sites is 2. The molecular formula is C30H36ClN3O6S. The smallest absolute Gasteiger partial charge is 0.264 e. The van der Waals surface area contributed by atoms with Gasteiger partial charge in [0.25, 0.3) is 10.0 Å². The molecule has 0 aliphatic heterocycles. The van der Waals surface area contributed by atoms with Crippen LogP contribution in [-0.4, -0.2) is 58.0 Å². The van der Waals surface area contributed by atoms with Gasteiger partial charge in [0.1, 0.15) is 24.1 Å². The van der Waals surface area contributed by atoms with Crippen LogP contribution >= 0.6 is 11.6 Å². The minimum absolute atomic E-state index is 0.0450. The van der Waals surface area contributed by atoms with E-state index in [1.54, 1.807) is 69.5 Å². The topological polar surface area (TPSA) is 105 Å². The third kappa shape index (κ3) is 8.14. The van der Waals surface area contributed by atoms with Crippen LogP contribution in [0, 0.1) is 0 Å². The van der Waals surface area contributed by atoms with Crippen molar-refractivity contribution in [2.24, 2.45) is 0 Å². The first-order valence-electron chi connectivity index (χ1n) is 13.3. The number of nitrogens with zero attached hydrogens (tertiary/aromatic N) is 2. The van der Waals surface area contributed by atoms with Crippen LogP contribution < -0.4 is 19.1 Å². The van der Waals surface area contributed by atoms with Gasteiger partial charge >= 0.3 is 0 Å². The number of hydrogen-bond donors (Lipinski definition) is 1. The number of hydrogen-bond acceptors (Lipinski definition) is 6. The molecule has 0 aliphatic rings. The molecule has 0 bridgehead atoms. The van der Waals surface area contributed by atoms with E-state index in [2.05, 4.69) is 5.32 Å². The number of sulfonamides is 1. The molecule has 0 saturated heterocycles. The molecule has 41 heavy (non-hydrogen) atoms. The number of carbonyl (C=O) groups excluding carboxylic acids is 2. The lowest BCUT2D eigenvalue weighted by atomic mass is 10.1. The van der Waals surface area contributed by atoms with Gasteiger partial charge in [0, 0.05) is 18.1 Å². The van der Waals surface area contributed by atoms with Crippen molar-refractivity contribution >= 4 is 39.1 Å². The molecule has 9 nitrogen and oxygen atoms in total. The third-order valence-electron chi connectivity index (χ3n) is 6.34. The predicted octanol–water partition coefficient (Wildman–Crippen LogP) is 4.89. The second-order valence-electron chi connectivity index (χ2n) is 9.20. The van der Waals surface area contributed by atoms with Crippen molar-refractivity contribution in [2.75, 3.05) is 31.1 Å². The first-order chi connectivity index (χ1) is 19.6. The summed E-state index contributed by atoms with van der Waals surface area (Å²) in [5, 5.41) is 3.20. The summed E-state index contributed by atoms with van der Waals surface area (Å²) in [6.07, 6.45) is 0.728. The molecular weight excluding hydrogens is 566 g/mol. The van der Waals surface area contributed by atoms with Crippen molar-refractivity contribution in [3.8, 4) is 11.5 Å². The van der Waals surface area contributed by atoms with Crippen LogP contribution in [0.2, 0.25) is 5.02 Å². The molecule has 1 N–H and O–H groups in total. The molecule has 0 fully saturated rings. The van der Waals surface area contributed by atoms with Crippen LogP contribution in [0.15, 0.2) is 77.7 Å². The molecule has 0 spiro atoms. The summed E-state index contributed by atoms with van der Waals surface area (Å²) >= 11 is 6.01. The molecule has 220 valence electrons. The van der Waals surface area contributed by atoms with Crippen molar-refractivity contribution in [1.29, 1.82) is 0 Å². The molecule has 3 aromatic rings. The average Bonchev–Trinajstić information content (AvgIpc) is 2.98. The van der Waals surface area contributed by atoms with Crippen LogP contribution in [-0.2, 0) is 26.2 Å². The molecule has 3 aromatic carbocycles. The Balaban J connectivity index is 2.06. The summed E-state index contributed by atoms with van der Waals surface area (Å²) in [5.74, 6) is 0.0447. The van der Waals surface area contributed by atoms with Crippen molar-refractivity contribution in [2.45, 2.75) is 44.7 Å². The van der Waals surface area contributed by atoms with E-state index in [0.717, 1.165) is 16.3 Å². The van der Waals surface area contributed by atoms with Gasteiger partial charge in [-0.2, -0.15) is 0 Å². The minimum atomic E-state index is -4.25. The minimum Gasteiger partial charge on any atom is -0.497 e. The zero-order valence-corrected chi connectivity index (χ0v) is 25.2. The van der Waals surface area contributed by atoms with E-state index in [1.165, 1.54) is 29.2 Å². The van der Waals surface area contributed by atoms with E-state index in [4.69, 9.17) is 21.1 Å². The summed E-state index contributed by atoms with van der Waals surface area (Å²) in [5.41, 5.74) is 0.946. The molecule has 2 amide bonds. The van der Waals surface area contributed by atoms with E-state index in [-0.39, 0.29) is 29.6 Å². The molecule has 11 heteroatoms. The quantitative estimate of drug-likeness (QED) is 0.282. The fourth-order valence-corrected chi connectivity index (χ4v) is 5.64. The number of rotatable bonds is 14. The number of carbonyl (C=O) groups is 2. The Morgan fingerprint density at radius 3 is 2.24 bits per heavy atom. The SMILES string of the molecule is CCCNC(=O)[C@@H](C)N(Cc1ccc(OC)cc1)C(=O)CN(c1ccccc1OCC)S(=O)(=O)c1ccc(Cl)cc1. The summed E-state index contributed by atoms with van der Waals surface area (Å²) in [6.45, 7) is 5.58.